The maximum absolute atomic E-state index is 12.3. The molecule has 0 bridgehead atoms. The minimum atomic E-state index is -0.451. The van der Waals surface area contributed by atoms with Gasteiger partial charge in [0, 0.05) is 22.5 Å². The van der Waals surface area contributed by atoms with Crippen molar-refractivity contribution in [1.29, 1.82) is 0 Å². The summed E-state index contributed by atoms with van der Waals surface area (Å²) in [6.07, 6.45) is 0. The first kappa shape index (κ1) is 18.2. The maximum Gasteiger partial charge on any atom is 0.356 e. The molecule has 0 aliphatic heterocycles. The van der Waals surface area contributed by atoms with Crippen LogP contribution < -0.4 is 10.6 Å². The van der Waals surface area contributed by atoms with E-state index in [1.807, 2.05) is 36.4 Å². The molecule has 3 rings (SSSR count). The lowest BCUT2D eigenvalue weighted by Gasteiger charge is -2.11. The number of halogens is 1. The Morgan fingerprint density at radius 2 is 2.00 bits per heavy atom. The fourth-order valence-electron chi connectivity index (χ4n) is 2.59. The van der Waals surface area contributed by atoms with Crippen LogP contribution in [0.5, 0.6) is 0 Å². The molecule has 0 amide bonds. The molecular weight excluding hydrogens is 370 g/mol. The van der Waals surface area contributed by atoms with Gasteiger partial charge in [-0.3, -0.25) is 0 Å². The zero-order valence-electron chi connectivity index (χ0n) is 14.1. The van der Waals surface area contributed by atoms with Gasteiger partial charge >= 0.3 is 5.97 Å². The fraction of sp³-hybridized carbons (Fsp3) is 0.158. The summed E-state index contributed by atoms with van der Waals surface area (Å²) in [6, 6.07) is 15.2. The molecule has 5 nitrogen and oxygen atoms in total. The van der Waals surface area contributed by atoms with Gasteiger partial charge in [0.1, 0.15) is 5.69 Å². The van der Waals surface area contributed by atoms with Crippen LogP contribution in [0, 0.1) is 0 Å². The van der Waals surface area contributed by atoms with E-state index in [9.17, 15) is 4.79 Å². The maximum atomic E-state index is 12.3. The van der Waals surface area contributed by atoms with E-state index in [4.69, 9.17) is 28.6 Å². The third-order valence-electron chi connectivity index (χ3n) is 3.77. The molecule has 1 aromatic heterocycles. The Hall–Kier alpha value is -2.57. The SMILES string of the molecule is CCOC(=O)c1[nH]c2ccc(Cl)cc2c1NC(=S)NCc1ccccc1. The van der Waals surface area contributed by atoms with Crippen LogP contribution in [0.25, 0.3) is 10.9 Å². The monoisotopic (exact) mass is 387 g/mol. The fourth-order valence-corrected chi connectivity index (χ4v) is 2.93. The third-order valence-corrected chi connectivity index (χ3v) is 4.26. The first-order chi connectivity index (χ1) is 12.6. The van der Waals surface area contributed by atoms with E-state index in [2.05, 4.69) is 15.6 Å². The first-order valence-corrected chi connectivity index (χ1v) is 8.94. The molecule has 0 spiro atoms. The number of carbonyl (C=O) groups is 1. The van der Waals surface area contributed by atoms with Gasteiger partial charge in [-0.1, -0.05) is 41.9 Å². The molecule has 1 heterocycles. The van der Waals surface area contributed by atoms with Crippen molar-refractivity contribution in [2.45, 2.75) is 13.5 Å². The van der Waals surface area contributed by atoms with Crippen molar-refractivity contribution in [3.63, 3.8) is 0 Å². The Kier molecular flexibility index (Phi) is 5.75. The number of benzene rings is 2. The van der Waals surface area contributed by atoms with Crippen molar-refractivity contribution in [3.05, 3.63) is 64.8 Å². The van der Waals surface area contributed by atoms with Crippen molar-refractivity contribution in [3.8, 4) is 0 Å². The Morgan fingerprint density at radius 3 is 2.73 bits per heavy atom. The predicted octanol–water partition coefficient (Wildman–Crippen LogP) is 4.48. The van der Waals surface area contributed by atoms with Crippen LogP contribution in [0.2, 0.25) is 5.02 Å². The average molecular weight is 388 g/mol. The van der Waals surface area contributed by atoms with Crippen LogP contribution in [-0.2, 0) is 11.3 Å². The number of H-pyrrole nitrogens is 1. The lowest BCUT2D eigenvalue weighted by molar-refractivity contribution is 0.0522. The number of rotatable bonds is 5. The topological polar surface area (TPSA) is 66.2 Å². The average Bonchev–Trinajstić information content (AvgIpc) is 2.99. The van der Waals surface area contributed by atoms with Crippen molar-refractivity contribution in [2.75, 3.05) is 11.9 Å². The van der Waals surface area contributed by atoms with E-state index in [-0.39, 0.29) is 6.61 Å². The van der Waals surface area contributed by atoms with Gasteiger partial charge in [0.25, 0.3) is 0 Å². The molecule has 2 aromatic carbocycles. The van der Waals surface area contributed by atoms with Gasteiger partial charge in [0.2, 0.25) is 0 Å². The molecule has 7 heteroatoms. The van der Waals surface area contributed by atoms with Crippen LogP contribution in [0.1, 0.15) is 23.0 Å². The molecule has 0 unspecified atom stereocenters. The van der Waals surface area contributed by atoms with E-state index >= 15 is 0 Å². The number of nitrogens with one attached hydrogen (secondary N) is 3. The van der Waals surface area contributed by atoms with Crippen LogP contribution in [0.4, 0.5) is 5.69 Å². The van der Waals surface area contributed by atoms with Gasteiger partial charge in [0.15, 0.2) is 5.11 Å². The summed E-state index contributed by atoms with van der Waals surface area (Å²) in [5, 5.41) is 7.97. The molecule has 3 N–H and O–H groups in total. The minimum Gasteiger partial charge on any atom is -0.461 e. The van der Waals surface area contributed by atoms with E-state index < -0.39 is 5.97 Å². The van der Waals surface area contributed by atoms with Crippen LogP contribution >= 0.6 is 23.8 Å². The Labute approximate surface area is 161 Å². The highest BCUT2D eigenvalue weighted by molar-refractivity contribution is 7.80. The predicted molar refractivity (Wildman–Crippen MR) is 109 cm³/mol. The standard InChI is InChI=1S/C19H18ClN3O2S/c1-2-25-18(24)17-16(14-10-13(20)8-9-15(14)22-17)23-19(26)21-11-12-6-4-3-5-7-12/h3-10,22H,2,11H2,1H3,(H2,21,23,26). The zero-order valence-corrected chi connectivity index (χ0v) is 15.7. The second-order valence-electron chi connectivity index (χ2n) is 5.58. The third kappa shape index (κ3) is 4.15. The van der Waals surface area contributed by atoms with E-state index in [0.717, 1.165) is 16.5 Å². The van der Waals surface area contributed by atoms with Crippen molar-refractivity contribution in [1.82, 2.24) is 10.3 Å². The summed E-state index contributed by atoms with van der Waals surface area (Å²) in [4.78, 5) is 15.4. The molecule has 0 aliphatic carbocycles. The van der Waals surface area contributed by atoms with Gasteiger partial charge in [-0.05, 0) is 42.9 Å². The van der Waals surface area contributed by atoms with Crippen LogP contribution in [-0.4, -0.2) is 22.7 Å². The Morgan fingerprint density at radius 1 is 1.23 bits per heavy atom. The molecule has 0 aliphatic rings. The van der Waals surface area contributed by atoms with Crippen LogP contribution in [0.15, 0.2) is 48.5 Å². The van der Waals surface area contributed by atoms with Crippen molar-refractivity contribution >= 4 is 51.5 Å². The summed E-state index contributed by atoms with van der Waals surface area (Å²) < 4.78 is 5.13. The lowest BCUT2D eigenvalue weighted by Crippen LogP contribution is -2.28. The minimum absolute atomic E-state index is 0.283. The van der Waals surface area contributed by atoms with Gasteiger partial charge in [-0.2, -0.15) is 0 Å². The molecule has 134 valence electrons. The molecular formula is C19H18ClN3O2S. The molecule has 0 saturated carbocycles. The first-order valence-electron chi connectivity index (χ1n) is 8.15. The number of aromatic nitrogens is 1. The highest BCUT2D eigenvalue weighted by atomic mass is 35.5. The number of esters is 1. The summed E-state index contributed by atoms with van der Waals surface area (Å²) in [5.74, 6) is -0.451. The Balaban J connectivity index is 1.84. The number of hydrogen-bond donors (Lipinski definition) is 3. The number of hydrogen-bond acceptors (Lipinski definition) is 3. The number of aromatic amines is 1. The molecule has 0 fully saturated rings. The van der Waals surface area contributed by atoms with Crippen LogP contribution in [0.3, 0.4) is 0 Å². The number of carbonyl (C=O) groups excluding carboxylic acids is 1. The van der Waals surface area contributed by atoms with Crippen molar-refractivity contribution < 1.29 is 9.53 Å². The van der Waals surface area contributed by atoms with Crippen molar-refractivity contribution in [2.24, 2.45) is 0 Å². The Bertz CT molecular complexity index is 941. The summed E-state index contributed by atoms with van der Waals surface area (Å²) in [5.41, 5.74) is 2.73. The van der Waals surface area contributed by atoms with E-state index in [0.29, 0.717) is 28.1 Å². The zero-order chi connectivity index (χ0) is 18.5. The summed E-state index contributed by atoms with van der Waals surface area (Å²) in [7, 11) is 0. The van der Waals surface area contributed by atoms with Gasteiger partial charge in [-0.15, -0.1) is 0 Å². The largest absolute Gasteiger partial charge is 0.461 e. The number of fused-ring (bicyclic) bond motifs is 1. The molecule has 26 heavy (non-hydrogen) atoms. The number of ether oxygens (including phenoxy) is 1. The second kappa shape index (κ2) is 8.21. The second-order valence-corrected chi connectivity index (χ2v) is 6.42. The smallest absolute Gasteiger partial charge is 0.356 e. The van der Waals surface area contributed by atoms with E-state index in [1.165, 1.54) is 0 Å². The molecule has 3 aromatic rings. The lowest BCUT2D eigenvalue weighted by atomic mass is 10.2. The number of anilines is 1. The highest BCUT2D eigenvalue weighted by Crippen LogP contribution is 2.30. The molecule has 0 radical (unpaired) electrons. The van der Waals surface area contributed by atoms with Gasteiger partial charge < -0.3 is 20.4 Å². The van der Waals surface area contributed by atoms with Gasteiger partial charge in [0.05, 0.1) is 12.3 Å². The van der Waals surface area contributed by atoms with Gasteiger partial charge in [-0.25, -0.2) is 4.79 Å². The quantitative estimate of drug-likeness (QED) is 0.445. The highest BCUT2D eigenvalue weighted by Gasteiger charge is 2.20. The van der Waals surface area contributed by atoms with E-state index in [1.54, 1.807) is 19.1 Å². The molecule has 0 saturated heterocycles. The summed E-state index contributed by atoms with van der Waals surface area (Å²) in [6.45, 7) is 2.62. The summed E-state index contributed by atoms with van der Waals surface area (Å²) >= 11 is 11.5. The molecule has 0 atom stereocenters. The number of thiocarbonyl (C=S) groups is 1. The normalized spacial score (nSPS) is 10.5.